The highest BCUT2D eigenvalue weighted by Crippen LogP contribution is 2.15. The second-order valence-corrected chi connectivity index (χ2v) is 5.93. The largest absolute Gasteiger partial charge is 0.353 e. The van der Waals surface area contributed by atoms with Crippen molar-refractivity contribution >= 4 is 17.5 Å². The van der Waals surface area contributed by atoms with Crippen LogP contribution in [0.5, 0.6) is 0 Å². The van der Waals surface area contributed by atoms with Crippen LogP contribution in [0.25, 0.3) is 0 Å². The van der Waals surface area contributed by atoms with Crippen LogP contribution in [0.1, 0.15) is 18.9 Å². The monoisotopic (exact) mass is 325 g/mol. The van der Waals surface area contributed by atoms with Crippen molar-refractivity contribution in [3.05, 3.63) is 48.0 Å². The second kappa shape index (κ2) is 7.88. The van der Waals surface area contributed by atoms with Crippen molar-refractivity contribution in [1.82, 2.24) is 15.1 Å². The highest BCUT2D eigenvalue weighted by atomic mass is 16.1. The number of aromatic nitrogens is 2. The molecule has 1 saturated heterocycles. The number of rotatable bonds is 5. The van der Waals surface area contributed by atoms with E-state index in [4.69, 9.17) is 0 Å². The smallest absolute Gasteiger partial charge is 0.225 e. The van der Waals surface area contributed by atoms with Gasteiger partial charge in [-0.1, -0.05) is 37.3 Å². The van der Waals surface area contributed by atoms with Gasteiger partial charge in [0.15, 0.2) is 11.6 Å². The first-order valence-electron chi connectivity index (χ1n) is 8.39. The predicted molar refractivity (Wildman–Crippen MR) is 94.9 cm³/mol. The normalized spacial score (nSPS) is 15.3. The van der Waals surface area contributed by atoms with E-state index in [-0.39, 0.29) is 5.91 Å². The Morgan fingerprint density at radius 3 is 2.42 bits per heavy atom. The van der Waals surface area contributed by atoms with Crippen LogP contribution in [0.2, 0.25) is 0 Å². The SMILES string of the molecule is CCC(=O)Nc1ccc(N2CCN(Cc3ccccc3)CC2)nn1. The molecule has 0 spiro atoms. The summed E-state index contributed by atoms with van der Waals surface area (Å²) in [6, 6.07) is 14.3. The van der Waals surface area contributed by atoms with E-state index in [0.29, 0.717) is 12.2 Å². The zero-order chi connectivity index (χ0) is 16.8. The molecule has 0 radical (unpaired) electrons. The zero-order valence-electron chi connectivity index (χ0n) is 14.0. The fourth-order valence-corrected chi connectivity index (χ4v) is 2.77. The molecule has 1 fully saturated rings. The van der Waals surface area contributed by atoms with Crippen LogP contribution >= 0.6 is 0 Å². The first-order chi connectivity index (χ1) is 11.7. The van der Waals surface area contributed by atoms with Crippen LogP contribution < -0.4 is 10.2 Å². The highest BCUT2D eigenvalue weighted by molar-refractivity contribution is 5.89. The molecule has 0 atom stereocenters. The average molecular weight is 325 g/mol. The van der Waals surface area contributed by atoms with Gasteiger partial charge in [0, 0.05) is 39.1 Å². The lowest BCUT2D eigenvalue weighted by Gasteiger charge is -2.35. The number of hydrogen-bond acceptors (Lipinski definition) is 5. The van der Waals surface area contributed by atoms with E-state index in [1.807, 2.05) is 25.1 Å². The van der Waals surface area contributed by atoms with Crippen LogP contribution in [-0.4, -0.2) is 47.2 Å². The summed E-state index contributed by atoms with van der Waals surface area (Å²) >= 11 is 0. The second-order valence-electron chi connectivity index (χ2n) is 5.93. The van der Waals surface area contributed by atoms with Crippen LogP contribution in [0, 0.1) is 0 Å². The van der Waals surface area contributed by atoms with Gasteiger partial charge < -0.3 is 10.2 Å². The Morgan fingerprint density at radius 2 is 1.79 bits per heavy atom. The molecule has 0 unspecified atom stereocenters. The number of nitrogens with zero attached hydrogens (tertiary/aromatic N) is 4. The molecule has 2 heterocycles. The van der Waals surface area contributed by atoms with Gasteiger partial charge in [0.2, 0.25) is 5.91 Å². The van der Waals surface area contributed by atoms with E-state index in [1.54, 1.807) is 0 Å². The summed E-state index contributed by atoms with van der Waals surface area (Å²) in [7, 11) is 0. The molecule has 1 aliphatic rings. The summed E-state index contributed by atoms with van der Waals surface area (Å²) in [6.45, 7) is 6.68. The minimum Gasteiger partial charge on any atom is -0.353 e. The van der Waals surface area contributed by atoms with Crippen molar-refractivity contribution in [3.63, 3.8) is 0 Å². The molecule has 1 aromatic heterocycles. The van der Waals surface area contributed by atoms with Gasteiger partial charge in [0.25, 0.3) is 0 Å². The Morgan fingerprint density at radius 1 is 1.04 bits per heavy atom. The minimum absolute atomic E-state index is 0.0495. The maximum absolute atomic E-state index is 11.4. The van der Waals surface area contributed by atoms with Gasteiger partial charge in [-0.2, -0.15) is 0 Å². The van der Waals surface area contributed by atoms with E-state index in [1.165, 1.54) is 5.56 Å². The number of nitrogens with one attached hydrogen (secondary N) is 1. The molecule has 1 aromatic carbocycles. The van der Waals surface area contributed by atoms with Gasteiger partial charge >= 0.3 is 0 Å². The summed E-state index contributed by atoms with van der Waals surface area (Å²) in [5.74, 6) is 1.32. The molecule has 1 N–H and O–H groups in total. The number of piperazine rings is 1. The third-order valence-electron chi connectivity index (χ3n) is 4.18. The Hall–Kier alpha value is -2.47. The van der Waals surface area contributed by atoms with E-state index in [0.717, 1.165) is 38.5 Å². The van der Waals surface area contributed by atoms with Crippen LogP contribution in [0.4, 0.5) is 11.6 Å². The minimum atomic E-state index is -0.0495. The summed E-state index contributed by atoms with van der Waals surface area (Å²) in [4.78, 5) is 16.0. The number of carbonyl (C=O) groups excluding carboxylic acids is 1. The van der Waals surface area contributed by atoms with Crippen molar-refractivity contribution in [1.29, 1.82) is 0 Å². The Kier molecular flexibility index (Phi) is 5.38. The average Bonchev–Trinajstić information content (AvgIpc) is 2.64. The fraction of sp³-hybridized carbons (Fsp3) is 0.389. The van der Waals surface area contributed by atoms with Gasteiger partial charge in [-0.3, -0.25) is 9.69 Å². The number of hydrogen-bond donors (Lipinski definition) is 1. The lowest BCUT2D eigenvalue weighted by molar-refractivity contribution is -0.115. The first kappa shape index (κ1) is 16.4. The molecular formula is C18H23N5O. The quantitative estimate of drug-likeness (QED) is 0.913. The molecular weight excluding hydrogens is 302 g/mol. The van der Waals surface area contributed by atoms with Crippen LogP contribution in [0.3, 0.4) is 0 Å². The van der Waals surface area contributed by atoms with Crippen molar-refractivity contribution in [3.8, 4) is 0 Å². The first-order valence-corrected chi connectivity index (χ1v) is 8.39. The molecule has 3 rings (SSSR count). The van der Waals surface area contributed by atoms with E-state index in [2.05, 4.69) is 49.6 Å². The number of benzene rings is 1. The molecule has 24 heavy (non-hydrogen) atoms. The molecule has 2 aromatic rings. The van der Waals surface area contributed by atoms with E-state index in [9.17, 15) is 4.79 Å². The molecule has 1 amide bonds. The van der Waals surface area contributed by atoms with Crippen molar-refractivity contribution < 1.29 is 4.79 Å². The number of carbonyl (C=O) groups is 1. The molecule has 6 nitrogen and oxygen atoms in total. The zero-order valence-corrected chi connectivity index (χ0v) is 14.0. The van der Waals surface area contributed by atoms with Gasteiger partial charge in [-0.25, -0.2) is 0 Å². The number of amides is 1. The molecule has 0 saturated carbocycles. The van der Waals surface area contributed by atoms with E-state index >= 15 is 0 Å². The summed E-state index contributed by atoms with van der Waals surface area (Å²) in [6.07, 6.45) is 0.437. The third-order valence-corrected chi connectivity index (χ3v) is 4.18. The molecule has 126 valence electrons. The Bertz CT molecular complexity index is 651. The molecule has 6 heteroatoms. The van der Waals surface area contributed by atoms with Crippen molar-refractivity contribution in [2.45, 2.75) is 19.9 Å². The fourth-order valence-electron chi connectivity index (χ4n) is 2.77. The van der Waals surface area contributed by atoms with Gasteiger partial charge in [-0.05, 0) is 17.7 Å². The highest BCUT2D eigenvalue weighted by Gasteiger charge is 2.18. The van der Waals surface area contributed by atoms with Crippen molar-refractivity contribution in [2.24, 2.45) is 0 Å². The predicted octanol–water partition coefficient (Wildman–Crippen LogP) is 2.15. The standard InChI is InChI=1S/C18H23N5O/c1-2-18(24)19-16-8-9-17(21-20-16)23-12-10-22(11-13-23)14-15-6-4-3-5-7-15/h3-9H,2,10-14H2,1H3,(H,19,20,24). The maximum atomic E-state index is 11.4. The van der Waals surface area contributed by atoms with Crippen molar-refractivity contribution in [2.75, 3.05) is 36.4 Å². The number of anilines is 2. The maximum Gasteiger partial charge on any atom is 0.225 e. The molecule has 0 aliphatic carbocycles. The van der Waals surface area contributed by atoms with Gasteiger partial charge in [-0.15, -0.1) is 10.2 Å². The Balaban J connectivity index is 1.52. The van der Waals surface area contributed by atoms with E-state index < -0.39 is 0 Å². The molecule has 1 aliphatic heterocycles. The Labute approximate surface area is 142 Å². The lowest BCUT2D eigenvalue weighted by atomic mass is 10.2. The summed E-state index contributed by atoms with van der Waals surface area (Å²) < 4.78 is 0. The van der Waals surface area contributed by atoms with Crippen LogP contribution in [0.15, 0.2) is 42.5 Å². The summed E-state index contributed by atoms with van der Waals surface area (Å²) in [5, 5.41) is 11.0. The van der Waals surface area contributed by atoms with Gasteiger partial charge in [0.1, 0.15) is 0 Å². The van der Waals surface area contributed by atoms with Crippen LogP contribution in [-0.2, 0) is 11.3 Å². The summed E-state index contributed by atoms with van der Waals surface area (Å²) in [5.41, 5.74) is 1.35. The third kappa shape index (κ3) is 4.29. The molecule has 0 bridgehead atoms. The topological polar surface area (TPSA) is 61.4 Å². The van der Waals surface area contributed by atoms with Gasteiger partial charge in [0.05, 0.1) is 0 Å². The lowest BCUT2D eigenvalue weighted by Crippen LogP contribution is -2.46.